The summed E-state index contributed by atoms with van der Waals surface area (Å²) in [5.41, 5.74) is 3.03. The first kappa shape index (κ1) is 29.6. The topological polar surface area (TPSA) is 119 Å². The first-order chi connectivity index (χ1) is 21.6. The lowest BCUT2D eigenvalue weighted by atomic mass is 9.84. The predicted molar refractivity (Wildman–Crippen MR) is 172 cm³/mol. The predicted octanol–water partition coefficient (Wildman–Crippen LogP) is 7.31. The van der Waals surface area contributed by atoms with Crippen LogP contribution in [0.2, 0.25) is 0 Å². The zero-order valence-electron chi connectivity index (χ0n) is 25.6. The lowest BCUT2D eigenvalue weighted by Crippen LogP contribution is -2.21. The van der Waals surface area contributed by atoms with Gasteiger partial charge in [-0.3, -0.25) is 0 Å². The normalized spacial score (nSPS) is 11.4. The van der Waals surface area contributed by atoms with Crippen LogP contribution in [0, 0.1) is 27.7 Å². The van der Waals surface area contributed by atoms with E-state index in [1.807, 2.05) is 58.0 Å². The Morgan fingerprint density at radius 2 is 1.18 bits per heavy atom. The molecule has 2 aromatic heterocycles. The van der Waals surface area contributed by atoms with Crippen molar-refractivity contribution in [1.82, 2.24) is 0 Å². The summed E-state index contributed by atoms with van der Waals surface area (Å²) in [6.45, 7) is 7.78. The van der Waals surface area contributed by atoms with Crippen molar-refractivity contribution in [2.75, 3.05) is 7.11 Å². The Morgan fingerprint density at radius 1 is 0.667 bits per heavy atom. The second-order valence-corrected chi connectivity index (χ2v) is 11.3. The molecule has 8 nitrogen and oxygen atoms in total. The van der Waals surface area contributed by atoms with E-state index < -0.39 is 17.2 Å². The Balaban J connectivity index is 1.61. The van der Waals surface area contributed by atoms with Gasteiger partial charge in [-0.05, 0) is 97.5 Å². The van der Waals surface area contributed by atoms with E-state index in [9.17, 15) is 19.8 Å². The first-order valence-corrected chi connectivity index (χ1v) is 14.5. The maximum atomic E-state index is 13.7. The van der Waals surface area contributed by atoms with Gasteiger partial charge in [0.2, 0.25) is 0 Å². The minimum Gasteiger partial charge on any atom is -0.507 e. The summed E-state index contributed by atoms with van der Waals surface area (Å²) in [5, 5.41) is 23.9. The van der Waals surface area contributed by atoms with Crippen LogP contribution in [0.15, 0.2) is 91.2 Å². The maximum absolute atomic E-state index is 13.7. The Morgan fingerprint density at radius 3 is 1.69 bits per heavy atom. The largest absolute Gasteiger partial charge is 0.507 e. The number of benzene rings is 4. The summed E-state index contributed by atoms with van der Waals surface area (Å²) in [7, 11) is 1.48. The zero-order valence-corrected chi connectivity index (χ0v) is 25.6. The van der Waals surface area contributed by atoms with Crippen LogP contribution >= 0.6 is 0 Å². The van der Waals surface area contributed by atoms with Crippen molar-refractivity contribution < 1.29 is 28.5 Å². The Kier molecular flexibility index (Phi) is 7.58. The molecule has 0 unspecified atom stereocenters. The van der Waals surface area contributed by atoms with Crippen molar-refractivity contribution >= 4 is 21.9 Å². The van der Waals surface area contributed by atoms with E-state index in [1.54, 1.807) is 42.5 Å². The van der Waals surface area contributed by atoms with E-state index in [0.29, 0.717) is 27.8 Å². The summed E-state index contributed by atoms with van der Waals surface area (Å²) in [5.74, 6) is -1.29. The summed E-state index contributed by atoms with van der Waals surface area (Å²) < 4.78 is 23.1. The fraction of sp³-hybridized carbons (Fsp3) is 0.189. The van der Waals surface area contributed by atoms with Crippen LogP contribution in [0.3, 0.4) is 0 Å². The highest BCUT2D eigenvalue weighted by atomic mass is 16.5. The van der Waals surface area contributed by atoms with Gasteiger partial charge in [0, 0.05) is 0 Å². The van der Waals surface area contributed by atoms with Crippen LogP contribution < -0.4 is 20.7 Å². The summed E-state index contributed by atoms with van der Waals surface area (Å²) in [4.78, 5) is 27.4. The van der Waals surface area contributed by atoms with Gasteiger partial charge < -0.3 is 28.5 Å². The summed E-state index contributed by atoms with van der Waals surface area (Å²) in [6.07, 6.45) is 0. The second-order valence-electron chi connectivity index (χ2n) is 11.3. The van der Waals surface area contributed by atoms with Crippen LogP contribution in [0.25, 0.3) is 21.9 Å². The number of hydrogen-bond donors (Lipinski definition) is 2. The third-order valence-electron chi connectivity index (χ3n) is 8.39. The van der Waals surface area contributed by atoms with E-state index in [0.717, 1.165) is 27.8 Å². The van der Waals surface area contributed by atoms with Gasteiger partial charge >= 0.3 is 11.3 Å². The highest BCUT2D eigenvalue weighted by molar-refractivity contribution is 5.88. The van der Waals surface area contributed by atoms with E-state index in [2.05, 4.69) is 0 Å². The lowest BCUT2D eigenvalue weighted by molar-refractivity contribution is 0.284. The molecule has 0 bridgehead atoms. The average Bonchev–Trinajstić information content (AvgIpc) is 3.02. The number of methoxy groups -OCH3 is 1. The van der Waals surface area contributed by atoms with Gasteiger partial charge in [-0.15, -0.1) is 0 Å². The van der Waals surface area contributed by atoms with Crippen LogP contribution in [0.1, 0.15) is 50.4 Å². The highest BCUT2D eigenvalue weighted by Crippen LogP contribution is 2.44. The fourth-order valence-electron chi connectivity index (χ4n) is 5.62. The molecule has 228 valence electrons. The van der Waals surface area contributed by atoms with Crippen molar-refractivity contribution in [3.8, 4) is 23.0 Å². The van der Waals surface area contributed by atoms with E-state index >= 15 is 0 Å². The fourth-order valence-corrected chi connectivity index (χ4v) is 5.62. The average molecular weight is 605 g/mol. The molecule has 0 saturated heterocycles. The molecule has 8 heteroatoms. The molecule has 6 rings (SSSR count). The van der Waals surface area contributed by atoms with Gasteiger partial charge in [0.05, 0.1) is 34.9 Å². The molecule has 0 atom stereocenters. The molecule has 4 aromatic carbocycles. The van der Waals surface area contributed by atoms with Gasteiger partial charge in [0.1, 0.15) is 29.3 Å². The zero-order chi connectivity index (χ0) is 32.0. The van der Waals surface area contributed by atoms with Gasteiger partial charge in [-0.1, -0.05) is 36.4 Å². The minimum atomic E-state index is -1.30. The van der Waals surface area contributed by atoms with Crippen LogP contribution in [0.5, 0.6) is 23.0 Å². The third-order valence-corrected chi connectivity index (χ3v) is 8.39. The van der Waals surface area contributed by atoms with E-state index in [4.69, 9.17) is 18.3 Å². The molecule has 45 heavy (non-hydrogen) atoms. The van der Waals surface area contributed by atoms with Crippen molar-refractivity contribution in [2.45, 2.75) is 40.2 Å². The van der Waals surface area contributed by atoms with E-state index in [1.165, 1.54) is 7.11 Å². The molecule has 0 fully saturated rings. The first-order valence-electron chi connectivity index (χ1n) is 14.5. The van der Waals surface area contributed by atoms with Crippen LogP contribution in [0.4, 0.5) is 0 Å². The number of fused-ring (bicyclic) bond motifs is 2. The molecular formula is C37H32O8. The molecular weight excluding hydrogens is 572 g/mol. The number of ether oxygens (including phenoxy) is 2. The standard InChI is InChI=1S/C37H32O8/c1-19-13-25-28(15-21(19)3)44-36(40)32(34(25)38)31(33-35(39)26-14-20(2)22(4)16-29(26)45-37(33)41)24-11-12-27(30(17-24)42-5)43-18-23-9-7-6-8-10-23/h6-17,31,38-39H,18H2,1-5H3. The Hall–Kier alpha value is -5.50. The molecule has 2 N–H and O–H groups in total. The minimum absolute atomic E-state index is 0.200. The monoisotopic (exact) mass is 604 g/mol. The maximum Gasteiger partial charge on any atom is 0.344 e. The van der Waals surface area contributed by atoms with Crippen molar-refractivity contribution in [2.24, 2.45) is 0 Å². The molecule has 0 aliphatic rings. The quantitative estimate of drug-likeness (QED) is 0.182. The molecule has 0 amide bonds. The third kappa shape index (κ3) is 5.29. The Labute approximate surface area is 258 Å². The van der Waals surface area contributed by atoms with Crippen LogP contribution in [-0.2, 0) is 6.61 Å². The summed E-state index contributed by atoms with van der Waals surface area (Å²) in [6, 6.07) is 21.3. The number of rotatable bonds is 7. The molecule has 0 aliphatic carbocycles. The summed E-state index contributed by atoms with van der Waals surface area (Å²) >= 11 is 0. The number of aryl methyl sites for hydroxylation is 4. The van der Waals surface area contributed by atoms with Gasteiger partial charge in [-0.25, -0.2) is 9.59 Å². The molecule has 0 aliphatic heterocycles. The molecule has 0 saturated carbocycles. The highest BCUT2D eigenvalue weighted by Gasteiger charge is 2.33. The number of hydrogen-bond acceptors (Lipinski definition) is 8. The molecule has 0 spiro atoms. The number of aromatic hydroxyl groups is 2. The molecule has 6 aromatic rings. The Bertz CT molecular complexity index is 2100. The second kappa shape index (κ2) is 11.5. The van der Waals surface area contributed by atoms with Crippen molar-refractivity contribution in [3.63, 3.8) is 0 Å². The molecule has 0 radical (unpaired) electrons. The van der Waals surface area contributed by atoms with Crippen molar-refractivity contribution in [1.29, 1.82) is 0 Å². The SMILES string of the molecule is COc1cc(C(c2c(O)c3cc(C)c(C)cc3oc2=O)c2c(O)c3cc(C)c(C)cc3oc2=O)ccc1OCc1ccccc1. The molecule has 2 heterocycles. The lowest BCUT2D eigenvalue weighted by Gasteiger charge is -2.21. The van der Waals surface area contributed by atoms with E-state index in [-0.39, 0.29) is 40.4 Å². The van der Waals surface area contributed by atoms with Crippen LogP contribution in [-0.4, -0.2) is 17.3 Å². The van der Waals surface area contributed by atoms with Gasteiger partial charge in [0.25, 0.3) is 0 Å². The van der Waals surface area contributed by atoms with Crippen molar-refractivity contribution in [3.05, 3.63) is 138 Å². The van der Waals surface area contributed by atoms with Gasteiger partial charge in [-0.2, -0.15) is 0 Å². The van der Waals surface area contributed by atoms with Gasteiger partial charge in [0.15, 0.2) is 11.5 Å². The smallest absolute Gasteiger partial charge is 0.344 e.